The molecule has 0 saturated carbocycles. The molecule has 0 aliphatic carbocycles. The zero-order valence-corrected chi connectivity index (χ0v) is 13.2. The minimum atomic E-state index is -1.25. The van der Waals surface area contributed by atoms with Crippen molar-refractivity contribution in [2.45, 2.75) is 19.8 Å². The highest BCUT2D eigenvalue weighted by Crippen LogP contribution is 2.23. The molecule has 2 rings (SSSR count). The number of benzene rings is 1. The molecule has 8 nitrogen and oxygen atoms in total. The topological polar surface area (TPSA) is 114 Å². The van der Waals surface area contributed by atoms with Crippen LogP contribution in [0, 0.1) is 12.9 Å². The molecule has 1 amide bonds. The van der Waals surface area contributed by atoms with E-state index in [1.807, 2.05) is 6.92 Å². The fourth-order valence-electron chi connectivity index (χ4n) is 1.76. The Kier molecular flexibility index (Phi) is 5.24. The van der Waals surface area contributed by atoms with Crippen LogP contribution in [0.2, 0.25) is 5.02 Å². The van der Waals surface area contributed by atoms with Crippen molar-refractivity contribution < 1.29 is 23.9 Å². The number of carbonyl (C=O) groups excluding carboxylic acids is 2. The van der Waals surface area contributed by atoms with E-state index in [0.717, 1.165) is 5.56 Å². The number of carbonyl (C=O) groups is 3. The first-order valence-electron chi connectivity index (χ1n) is 6.73. The number of amides is 1. The number of hydrogen-bond donors (Lipinski definition) is 2. The molecule has 1 aromatic heterocycles. The van der Waals surface area contributed by atoms with Gasteiger partial charge in [-0.15, -0.1) is 15.0 Å². The molecule has 0 aliphatic rings. The first-order chi connectivity index (χ1) is 11.3. The van der Waals surface area contributed by atoms with Gasteiger partial charge in [-0.3, -0.25) is 14.4 Å². The first-order valence-corrected chi connectivity index (χ1v) is 7.11. The van der Waals surface area contributed by atoms with Crippen LogP contribution in [0.15, 0.2) is 18.2 Å². The number of nitrogens with zero attached hydrogens (tertiary/aromatic N) is 3. The minimum absolute atomic E-state index is 0.249. The number of carboxylic acid groups (broad SMARTS) is 1. The molecule has 0 saturated heterocycles. The Morgan fingerprint density at radius 2 is 2.00 bits per heavy atom. The van der Waals surface area contributed by atoms with Crippen LogP contribution >= 0.6 is 11.6 Å². The van der Waals surface area contributed by atoms with Gasteiger partial charge in [0.1, 0.15) is 0 Å². The average Bonchev–Trinajstić information content (AvgIpc) is 2.89. The van der Waals surface area contributed by atoms with Crippen LogP contribution in [0.5, 0.6) is 0 Å². The zero-order valence-electron chi connectivity index (χ0n) is 12.4. The number of nitrogens with one attached hydrogen (secondary N) is 1. The lowest BCUT2D eigenvalue weighted by Gasteiger charge is -2.06. The van der Waals surface area contributed by atoms with Gasteiger partial charge in [0.05, 0.1) is 17.1 Å². The molecule has 10 heteroatoms. The predicted octanol–water partition coefficient (Wildman–Crippen LogP) is 2.14. The molecule has 126 valence electrons. The van der Waals surface area contributed by atoms with E-state index in [1.165, 1.54) is 6.07 Å². The summed E-state index contributed by atoms with van der Waals surface area (Å²) < 4.78 is 13.7. The lowest BCUT2D eigenvalue weighted by atomic mass is 10.2. The minimum Gasteiger partial charge on any atom is -0.481 e. The van der Waals surface area contributed by atoms with Gasteiger partial charge in [-0.05, 0) is 24.6 Å². The second-order valence-corrected chi connectivity index (χ2v) is 5.26. The summed E-state index contributed by atoms with van der Waals surface area (Å²) in [5.41, 5.74) is 0.424. The molecular formula is C14H12ClFN4O4. The molecule has 1 aromatic carbocycles. The maximum atomic E-state index is 13.7. The number of halogens is 2. The summed E-state index contributed by atoms with van der Waals surface area (Å²) in [6, 6.07) is 4.85. The van der Waals surface area contributed by atoms with Crippen LogP contribution in [0.3, 0.4) is 0 Å². The van der Waals surface area contributed by atoms with Crippen molar-refractivity contribution in [3.63, 3.8) is 0 Å². The molecule has 24 heavy (non-hydrogen) atoms. The number of anilines is 1. The SMILES string of the molecule is Cc1ccc(NC(=O)c2nn(C(=O)CCC(=O)O)nc2F)c(Cl)c1. The van der Waals surface area contributed by atoms with Crippen molar-refractivity contribution >= 4 is 35.1 Å². The van der Waals surface area contributed by atoms with Crippen LogP contribution in [0.1, 0.15) is 33.7 Å². The van der Waals surface area contributed by atoms with E-state index in [9.17, 15) is 18.8 Å². The average molecular weight is 355 g/mol. The number of aliphatic carboxylic acids is 1. The van der Waals surface area contributed by atoms with E-state index in [2.05, 4.69) is 15.5 Å². The summed E-state index contributed by atoms with van der Waals surface area (Å²) in [7, 11) is 0. The highest BCUT2D eigenvalue weighted by Gasteiger charge is 2.22. The Balaban J connectivity index is 2.15. The van der Waals surface area contributed by atoms with Crippen molar-refractivity contribution in [1.29, 1.82) is 0 Å². The monoisotopic (exact) mass is 354 g/mol. The summed E-state index contributed by atoms with van der Waals surface area (Å²) in [6.45, 7) is 1.81. The van der Waals surface area contributed by atoms with E-state index >= 15 is 0 Å². The molecular weight excluding hydrogens is 343 g/mol. The highest BCUT2D eigenvalue weighted by atomic mass is 35.5. The third kappa shape index (κ3) is 4.13. The van der Waals surface area contributed by atoms with Crippen LogP contribution in [0.4, 0.5) is 10.1 Å². The molecule has 2 aromatic rings. The fraction of sp³-hybridized carbons (Fsp3) is 0.214. The Labute approximate surface area is 140 Å². The second-order valence-electron chi connectivity index (χ2n) is 4.85. The number of hydrogen-bond acceptors (Lipinski definition) is 5. The molecule has 1 heterocycles. The summed E-state index contributed by atoms with van der Waals surface area (Å²) >= 11 is 5.97. The second kappa shape index (κ2) is 7.18. The Bertz CT molecular complexity index is 821. The van der Waals surface area contributed by atoms with E-state index < -0.39 is 42.3 Å². The Hall–Kier alpha value is -2.81. The van der Waals surface area contributed by atoms with E-state index in [1.54, 1.807) is 12.1 Å². The normalized spacial score (nSPS) is 10.5. The quantitative estimate of drug-likeness (QED) is 0.850. The van der Waals surface area contributed by atoms with Gasteiger partial charge in [0, 0.05) is 6.42 Å². The van der Waals surface area contributed by atoms with Crippen molar-refractivity contribution in [3.05, 3.63) is 40.4 Å². The maximum absolute atomic E-state index is 13.7. The number of aryl methyl sites for hydroxylation is 1. The first kappa shape index (κ1) is 17.5. The number of carboxylic acids is 1. The summed E-state index contributed by atoms with van der Waals surface area (Å²) in [6.07, 6.45) is -0.878. The van der Waals surface area contributed by atoms with E-state index in [4.69, 9.17) is 16.7 Å². The van der Waals surface area contributed by atoms with Gasteiger partial charge in [0.25, 0.3) is 17.8 Å². The van der Waals surface area contributed by atoms with Crippen LogP contribution in [0.25, 0.3) is 0 Å². The van der Waals surface area contributed by atoms with E-state index in [-0.39, 0.29) is 10.7 Å². The molecule has 0 radical (unpaired) electrons. The lowest BCUT2D eigenvalue weighted by Crippen LogP contribution is -2.18. The van der Waals surface area contributed by atoms with Crippen molar-refractivity contribution in [2.75, 3.05) is 5.32 Å². The van der Waals surface area contributed by atoms with Crippen LogP contribution in [-0.2, 0) is 4.79 Å². The number of aromatic nitrogens is 3. The summed E-state index contributed by atoms with van der Waals surface area (Å²) in [5, 5.41) is 17.8. The molecule has 0 bridgehead atoms. The van der Waals surface area contributed by atoms with Gasteiger partial charge in [-0.2, -0.15) is 4.39 Å². The van der Waals surface area contributed by atoms with Crippen LogP contribution in [-0.4, -0.2) is 37.9 Å². The fourth-order valence-corrected chi connectivity index (χ4v) is 2.04. The van der Waals surface area contributed by atoms with Crippen molar-refractivity contribution in [1.82, 2.24) is 15.0 Å². The van der Waals surface area contributed by atoms with Gasteiger partial charge in [-0.25, -0.2) is 0 Å². The maximum Gasteiger partial charge on any atom is 0.303 e. The third-order valence-electron chi connectivity index (χ3n) is 2.94. The molecule has 2 N–H and O–H groups in total. The van der Waals surface area contributed by atoms with Gasteiger partial charge in [-0.1, -0.05) is 17.7 Å². The highest BCUT2D eigenvalue weighted by molar-refractivity contribution is 6.34. The largest absolute Gasteiger partial charge is 0.481 e. The molecule has 0 aliphatic heterocycles. The number of rotatable bonds is 5. The van der Waals surface area contributed by atoms with Gasteiger partial charge < -0.3 is 10.4 Å². The smallest absolute Gasteiger partial charge is 0.303 e. The molecule has 0 spiro atoms. The van der Waals surface area contributed by atoms with Crippen LogP contribution < -0.4 is 5.32 Å². The Morgan fingerprint density at radius 1 is 1.29 bits per heavy atom. The van der Waals surface area contributed by atoms with Crippen molar-refractivity contribution in [3.8, 4) is 0 Å². The van der Waals surface area contributed by atoms with Gasteiger partial charge in [0.15, 0.2) is 0 Å². The van der Waals surface area contributed by atoms with Gasteiger partial charge in [0.2, 0.25) is 5.69 Å². The lowest BCUT2D eigenvalue weighted by molar-refractivity contribution is -0.137. The molecule has 0 atom stereocenters. The van der Waals surface area contributed by atoms with Gasteiger partial charge >= 0.3 is 5.97 Å². The zero-order chi connectivity index (χ0) is 17.9. The standard InChI is InChI=1S/C14H12ClFN4O4/c1-7-2-3-9(8(15)6-7)17-14(24)12-13(16)19-20(18-12)10(21)4-5-11(22)23/h2-3,6H,4-5H2,1H3,(H,17,24)(H,22,23). The Morgan fingerprint density at radius 3 is 2.62 bits per heavy atom. The van der Waals surface area contributed by atoms with Crippen molar-refractivity contribution in [2.24, 2.45) is 0 Å². The third-order valence-corrected chi connectivity index (χ3v) is 3.25. The summed E-state index contributed by atoms with van der Waals surface area (Å²) in [5.74, 6) is -4.22. The summed E-state index contributed by atoms with van der Waals surface area (Å²) in [4.78, 5) is 34.5. The predicted molar refractivity (Wildman–Crippen MR) is 81.6 cm³/mol. The molecule has 0 fully saturated rings. The molecule has 0 unspecified atom stereocenters. The van der Waals surface area contributed by atoms with E-state index in [0.29, 0.717) is 4.80 Å².